The second kappa shape index (κ2) is 6.69. The van der Waals surface area contributed by atoms with Gasteiger partial charge in [-0.05, 0) is 24.3 Å². The van der Waals surface area contributed by atoms with Gasteiger partial charge in [0, 0.05) is 17.8 Å². The highest BCUT2D eigenvalue weighted by molar-refractivity contribution is 5.91. The van der Waals surface area contributed by atoms with Crippen LogP contribution >= 0.6 is 0 Å². The Kier molecular flexibility index (Phi) is 4.71. The van der Waals surface area contributed by atoms with Gasteiger partial charge in [0.2, 0.25) is 0 Å². The molecule has 0 saturated heterocycles. The molecule has 0 aromatic heterocycles. The van der Waals surface area contributed by atoms with Crippen LogP contribution in [0.15, 0.2) is 42.5 Å². The first-order chi connectivity index (χ1) is 10.1. The molecule has 0 aliphatic rings. The van der Waals surface area contributed by atoms with Crippen LogP contribution in [0, 0.1) is 11.6 Å². The Balaban J connectivity index is 1.91. The number of amides is 1. The molecule has 0 heterocycles. The summed E-state index contributed by atoms with van der Waals surface area (Å²) in [4.78, 5) is 11.7. The number of carbonyl (C=O) groups is 1. The van der Waals surface area contributed by atoms with Crippen molar-refractivity contribution in [1.82, 2.24) is 0 Å². The topological polar surface area (TPSA) is 47.6 Å². The fraction of sp³-hybridized carbons (Fsp3) is 0.133. The first kappa shape index (κ1) is 14.8. The van der Waals surface area contributed by atoms with Gasteiger partial charge in [0.25, 0.3) is 5.91 Å². The summed E-state index contributed by atoms with van der Waals surface area (Å²) in [5, 5.41) is 2.41. The maximum absolute atomic E-state index is 13.0. The third-order valence-electron chi connectivity index (χ3n) is 2.61. The number of hydrogen-bond donors (Lipinski definition) is 1. The lowest BCUT2D eigenvalue weighted by molar-refractivity contribution is -0.118. The van der Waals surface area contributed by atoms with E-state index in [9.17, 15) is 13.6 Å². The Morgan fingerprint density at radius 2 is 1.86 bits per heavy atom. The molecule has 0 aliphatic carbocycles. The van der Waals surface area contributed by atoms with Crippen molar-refractivity contribution in [1.29, 1.82) is 0 Å². The van der Waals surface area contributed by atoms with Crippen molar-refractivity contribution in [3.05, 3.63) is 54.1 Å². The summed E-state index contributed by atoms with van der Waals surface area (Å²) in [6.07, 6.45) is 0. The monoisotopic (exact) mass is 293 g/mol. The molecule has 6 heteroatoms. The number of methoxy groups -OCH3 is 1. The molecule has 110 valence electrons. The Hall–Kier alpha value is -2.63. The first-order valence-electron chi connectivity index (χ1n) is 6.10. The number of carbonyl (C=O) groups excluding carboxylic acids is 1. The van der Waals surface area contributed by atoms with E-state index in [0.717, 1.165) is 12.1 Å². The van der Waals surface area contributed by atoms with E-state index in [-0.39, 0.29) is 12.3 Å². The number of anilines is 1. The molecular formula is C15H13F2NO3. The summed E-state index contributed by atoms with van der Waals surface area (Å²) >= 11 is 0. The second-order valence-electron chi connectivity index (χ2n) is 4.14. The molecule has 0 spiro atoms. The smallest absolute Gasteiger partial charge is 0.262 e. The van der Waals surface area contributed by atoms with Crippen molar-refractivity contribution < 1.29 is 23.0 Å². The first-order valence-corrected chi connectivity index (χ1v) is 6.10. The average Bonchev–Trinajstić information content (AvgIpc) is 2.49. The van der Waals surface area contributed by atoms with Crippen LogP contribution in [0.3, 0.4) is 0 Å². The Bertz CT molecular complexity index is 647. The molecule has 0 radical (unpaired) electrons. The van der Waals surface area contributed by atoms with Gasteiger partial charge < -0.3 is 14.8 Å². The van der Waals surface area contributed by atoms with E-state index in [1.807, 2.05) is 0 Å². The highest BCUT2D eigenvalue weighted by atomic mass is 19.2. The van der Waals surface area contributed by atoms with E-state index >= 15 is 0 Å². The lowest BCUT2D eigenvalue weighted by Crippen LogP contribution is -2.20. The van der Waals surface area contributed by atoms with Crippen LogP contribution in [0.5, 0.6) is 11.5 Å². The minimum absolute atomic E-state index is 0.160. The quantitative estimate of drug-likeness (QED) is 0.922. The number of hydrogen-bond acceptors (Lipinski definition) is 3. The SMILES string of the molecule is COc1cccc(OCC(=O)Nc2ccc(F)c(F)c2)c1. The molecule has 0 fully saturated rings. The highest BCUT2D eigenvalue weighted by Gasteiger charge is 2.07. The van der Waals surface area contributed by atoms with Gasteiger partial charge in [0.1, 0.15) is 11.5 Å². The number of halogens is 2. The number of ether oxygens (including phenoxy) is 2. The van der Waals surface area contributed by atoms with Gasteiger partial charge >= 0.3 is 0 Å². The van der Waals surface area contributed by atoms with E-state index in [1.54, 1.807) is 24.3 Å². The van der Waals surface area contributed by atoms with Crippen LogP contribution in [-0.2, 0) is 4.79 Å². The molecule has 21 heavy (non-hydrogen) atoms. The van der Waals surface area contributed by atoms with Crippen LogP contribution in [0.2, 0.25) is 0 Å². The highest BCUT2D eigenvalue weighted by Crippen LogP contribution is 2.19. The van der Waals surface area contributed by atoms with Crippen molar-refractivity contribution in [3.63, 3.8) is 0 Å². The maximum atomic E-state index is 13.0. The van der Waals surface area contributed by atoms with Gasteiger partial charge in [-0.2, -0.15) is 0 Å². The maximum Gasteiger partial charge on any atom is 0.262 e. The zero-order chi connectivity index (χ0) is 15.2. The van der Waals surface area contributed by atoms with Gasteiger partial charge in [-0.3, -0.25) is 4.79 Å². The summed E-state index contributed by atoms with van der Waals surface area (Å²) in [6, 6.07) is 9.88. The number of rotatable bonds is 5. The van der Waals surface area contributed by atoms with Crippen molar-refractivity contribution in [2.24, 2.45) is 0 Å². The van der Waals surface area contributed by atoms with E-state index in [2.05, 4.69) is 5.32 Å². The predicted octanol–water partition coefficient (Wildman–Crippen LogP) is 2.99. The Morgan fingerprint density at radius 3 is 2.57 bits per heavy atom. The van der Waals surface area contributed by atoms with E-state index in [1.165, 1.54) is 13.2 Å². The standard InChI is InChI=1S/C15H13F2NO3/c1-20-11-3-2-4-12(8-11)21-9-15(19)18-10-5-6-13(16)14(17)7-10/h2-8H,9H2,1H3,(H,18,19). The summed E-state index contributed by atoms with van der Waals surface area (Å²) in [7, 11) is 1.52. The van der Waals surface area contributed by atoms with Gasteiger partial charge in [0.15, 0.2) is 18.2 Å². The third kappa shape index (κ3) is 4.17. The minimum Gasteiger partial charge on any atom is -0.497 e. The molecular weight excluding hydrogens is 280 g/mol. The molecule has 4 nitrogen and oxygen atoms in total. The van der Waals surface area contributed by atoms with Crippen LogP contribution < -0.4 is 14.8 Å². The lowest BCUT2D eigenvalue weighted by atomic mass is 10.3. The molecule has 0 bridgehead atoms. The van der Waals surface area contributed by atoms with Crippen LogP contribution in [-0.4, -0.2) is 19.6 Å². The second-order valence-corrected chi connectivity index (χ2v) is 4.14. The van der Waals surface area contributed by atoms with Gasteiger partial charge in [0.05, 0.1) is 7.11 Å². The van der Waals surface area contributed by atoms with E-state index in [0.29, 0.717) is 11.5 Å². The van der Waals surface area contributed by atoms with Crippen LogP contribution in [0.25, 0.3) is 0 Å². The zero-order valence-electron chi connectivity index (χ0n) is 11.2. The van der Waals surface area contributed by atoms with Gasteiger partial charge in [-0.25, -0.2) is 8.78 Å². The summed E-state index contributed by atoms with van der Waals surface area (Å²) in [5.74, 6) is -1.41. The fourth-order valence-electron chi connectivity index (χ4n) is 1.61. The summed E-state index contributed by atoms with van der Waals surface area (Å²) in [6.45, 7) is -0.258. The number of benzene rings is 2. The Morgan fingerprint density at radius 1 is 1.10 bits per heavy atom. The Labute approximate surface area is 120 Å². The van der Waals surface area contributed by atoms with Crippen LogP contribution in [0.1, 0.15) is 0 Å². The molecule has 2 aromatic rings. The number of nitrogens with one attached hydrogen (secondary N) is 1. The molecule has 0 saturated carbocycles. The van der Waals surface area contributed by atoms with Crippen molar-refractivity contribution in [2.45, 2.75) is 0 Å². The van der Waals surface area contributed by atoms with Crippen molar-refractivity contribution in [3.8, 4) is 11.5 Å². The fourth-order valence-corrected chi connectivity index (χ4v) is 1.61. The van der Waals surface area contributed by atoms with Crippen LogP contribution in [0.4, 0.5) is 14.5 Å². The summed E-state index contributed by atoms with van der Waals surface area (Å²) < 4.78 is 36.0. The minimum atomic E-state index is -1.03. The molecule has 0 aliphatic heterocycles. The van der Waals surface area contributed by atoms with Gasteiger partial charge in [-0.15, -0.1) is 0 Å². The zero-order valence-corrected chi connectivity index (χ0v) is 11.2. The largest absolute Gasteiger partial charge is 0.497 e. The average molecular weight is 293 g/mol. The molecule has 2 aromatic carbocycles. The lowest BCUT2D eigenvalue weighted by Gasteiger charge is -2.08. The predicted molar refractivity (Wildman–Crippen MR) is 73.5 cm³/mol. The van der Waals surface area contributed by atoms with Gasteiger partial charge in [-0.1, -0.05) is 6.07 Å². The molecule has 1 N–H and O–H groups in total. The van der Waals surface area contributed by atoms with E-state index < -0.39 is 17.5 Å². The summed E-state index contributed by atoms with van der Waals surface area (Å²) in [5.41, 5.74) is 0.160. The van der Waals surface area contributed by atoms with Crippen molar-refractivity contribution >= 4 is 11.6 Å². The third-order valence-corrected chi connectivity index (χ3v) is 2.61. The molecule has 2 rings (SSSR count). The van der Waals surface area contributed by atoms with E-state index in [4.69, 9.17) is 9.47 Å². The van der Waals surface area contributed by atoms with Crippen molar-refractivity contribution in [2.75, 3.05) is 19.0 Å². The molecule has 0 atom stereocenters. The molecule has 1 amide bonds. The normalized spacial score (nSPS) is 10.0. The molecule has 0 unspecified atom stereocenters.